The molecule has 49 heavy (non-hydrogen) atoms. The first-order chi connectivity index (χ1) is 24.2. The molecule has 7 aromatic carbocycles. The molecule has 0 bridgehead atoms. The highest BCUT2D eigenvalue weighted by Crippen LogP contribution is 2.37. The number of nitrogens with zero attached hydrogens (tertiary/aromatic N) is 4. The normalized spacial score (nSPS) is 11.8. The van der Waals surface area contributed by atoms with Crippen molar-refractivity contribution in [1.82, 2.24) is 19.1 Å². The van der Waals surface area contributed by atoms with Crippen molar-refractivity contribution < 1.29 is 4.39 Å². The standard InChI is InChI=1S/C44H27FN4/c45-30-20-24-32(25-21-30)49-41-16-8-4-11-35(41)37-27-29(19-26-42(37)49)43-36-12-1-5-13-38(36)46-44(47-43)28-17-22-31(23-18-28)48-39-14-6-2-9-33(39)34-10-3-7-15-40(34)48/h1-27H. The second kappa shape index (κ2) is 10.7. The van der Waals surface area contributed by atoms with Crippen LogP contribution in [0.1, 0.15) is 0 Å². The zero-order valence-electron chi connectivity index (χ0n) is 26.3. The molecular formula is C44H27FN4. The molecule has 0 aliphatic rings. The van der Waals surface area contributed by atoms with Crippen molar-refractivity contribution in [1.29, 1.82) is 0 Å². The van der Waals surface area contributed by atoms with E-state index in [9.17, 15) is 4.39 Å². The zero-order valence-corrected chi connectivity index (χ0v) is 26.3. The first-order valence-electron chi connectivity index (χ1n) is 16.4. The first-order valence-corrected chi connectivity index (χ1v) is 16.4. The van der Waals surface area contributed by atoms with Crippen LogP contribution in [-0.4, -0.2) is 19.1 Å². The van der Waals surface area contributed by atoms with Crippen molar-refractivity contribution in [3.63, 3.8) is 0 Å². The molecule has 3 aromatic heterocycles. The number of para-hydroxylation sites is 4. The Bertz CT molecular complexity index is 2830. The fraction of sp³-hybridized carbons (Fsp3) is 0. The Labute approximate surface area is 281 Å². The van der Waals surface area contributed by atoms with Crippen molar-refractivity contribution in [2.24, 2.45) is 0 Å². The third-order valence-electron chi connectivity index (χ3n) is 9.60. The predicted octanol–water partition coefficient (Wildman–Crippen LogP) is 11.3. The summed E-state index contributed by atoms with van der Waals surface area (Å²) in [7, 11) is 0. The van der Waals surface area contributed by atoms with E-state index >= 15 is 0 Å². The van der Waals surface area contributed by atoms with Crippen molar-refractivity contribution in [3.8, 4) is 34.0 Å². The minimum atomic E-state index is -0.250. The van der Waals surface area contributed by atoms with Gasteiger partial charge in [-0.25, -0.2) is 14.4 Å². The van der Waals surface area contributed by atoms with Crippen LogP contribution < -0.4 is 0 Å². The van der Waals surface area contributed by atoms with E-state index in [0.29, 0.717) is 5.82 Å². The summed E-state index contributed by atoms with van der Waals surface area (Å²) < 4.78 is 18.4. The Morgan fingerprint density at radius 1 is 0.388 bits per heavy atom. The average molecular weight is 631 g/mol. The Morgan fingerprint density at radius 3 is 1.47 bits per heavy atom. The summed E-state index contributed by atoms with van der Waals surface area (Å²) in [6.07, 6.45) is 0. The summed E-state index contributed by atoms with van der Waals surface area (Å²) in [4.78, 5) is 10.3. The average Bonchev–Trinajstić information content (AvgIpc) is 3.67. The molecule has 0 atom stereocenters. The molecule has 4 nitrogen and oxygen atoms in total. The van der Waals surface area contributed by atoms with E-state index in [1.807, 2.05) is 30.3 Å². The molecule has 0 aliphatic heterocycles. The number of aromatic nitrogens is 4. The molecule has 10 aromatic rings. The number of rotatable bonds is 4. The zero-order chi connectivity index (χ0) is 32.5. The van der Waals surface area contributed by atoms with Gasteiger partial charge in [-0.05, 0) is 84.9 Å². The second-order valence-corrected chi connectivity index (χ2v) is 12.4. The van der Waals surface area contributed by atoms with Crippen LogP contribution in [0.3, 0.4) is 0 Å². The van der Waals surface area contributed by atoms with Gasteiger partial charge < -0.3 is 9.13 Å². The van der Waals surface area contributed by atoms with Crippen LogP contribution in [0.4, 0.5) is 4.39 Å². The lowest BCUT2D eigenvalue weighted by molar-refractivity contribution is 0.627. The molecule has 0 amide bonds. The van der Waals surface area contributed by atoms with Crippen LogP contribution in [0.2, 0.25) is 0 Å². The summed E-state index contributed by atoms with van der Waals surface area (Å²) >= 11 is 0. The fourth-order valence-electron chi connectivity index (χ4n) is 7.37. The maximum absolute atomic E-state index is 13.9. The van der Waals surface area contributed by atoms with Gasteiger partial charge in [0.2, 0.25) is 0 Å². The second-order valence-electron chi connectivity index (χ2n) is 12.4. The van der Waals surface area contributed by atoms with Gasteiger partial charge in [0.25, 0.3) is 0 Å². The molecule has 0 unspecified atom stereocenters. The van der Waals surface area contributed by atoms with Crippen molar-refractivity contribution in [2.45, 2.75) is 0 Å². The van der Waals surface area contributed by atoms with E-state index in [4.69, 9.17) is 9.97 Å². The van der Waals surface area contributed by atoms with Crippen LogP contribution >= 0.6 is 0 Å². The van der Waals surface area contributed by atoms with Crippen LogP contribution in [0.25, 0.3) is 88.5 Å². The largest absolute Gasteiger partial charge is 0.309 e. The van der Waals surface area contributed by atoms with Gasteiger partial charge in [0, 0.05) is 49.4 Å². The first kappa shape index (κ1) is 27.5. The Morgan fingerprint density at radius 2 is 0.857 bits per heavy atom. The summed E-state index contributed by atoms with van der Waals surface area (Å²) in [5, 5.41) is 5.71. The van der Waals surface area contributed by atoms with E-state index in [0.717, 1.165) is 60.9 Å². The van der Waals surface area contributed by atoms with Gasteiger partial charge in [-0.1, -0.05) is 78.9 Å². The Kier molecular flexibility index (Phi) is 6.02. The molecule has 0 aliphatic carbocycles. The van der Waals surface area contributed by atoms with Gasteiger partial charge >= 0.3 is 0 Å². The lowest BCUT2D eigenvalue weighted by atomic mass is 10.0. The number of hydrogen-bond donors (Lipinski definition) is 0. The van der Waals surface area contributed by atoms with Gasteiger partial charge in [0.1, 0.15) is 5.82 Å². The molecule has 0 radical (unpaired) electrons. The molecule has 0 fully saturated rings. The number of fused-ring (bicyclic) bond motifs is 7. The maximum atomic E-state index is 13.9. The van der Waals surface area contributed by atoms with E-state index in [2.05, 4.69) is 130 Å². The van der Waals surface area contributed by atoms with Gasteiger partial charge in [0.15, 0.2) is 5.82 Å². The third kappa shape index (κ3) is 4.29. The molecule has 10 rings (SSSR count). The van der Waals surface area contributed by atoms with Gasteiger partial charge in [-0.3, -0.25) is 0 Å². The summed E-state index contributed by atoms with van der Waals surface area (Å²) in [5.74, 6) is 0.427. The van der Waals surface area contributed by atoms with Gasteiger partial charge in [-0.15, -0.1) is 0 Å². The Balaban J connectivity index is 1.12. The molecule has 5 heteroatoms. The molecule has 0 saturated carbocycles. The van der Waals surface area contributed by atoms with Gasteiger partial charge in [-0.2, -0.15) is 0 Å². The minimum Gasteiger partial charge on any atom is -0.309 e. The highest BCUT2D eigenvalue weighted by atomic mass is 19.1. The monoisotopic (exact) mass is 630 g/mol. The smallest absolute Gasteiger partial charge is 0.160 e. The molecule has 0 saturated heterocycles. The van der Waals surface area contributed by atoms with Gasteiger partial charge in [0.05, 0.1) is 33.3 Å². The van der Waals surface area contributed by atoms with Crippen LogP contribution in [0.5, 0.6) is 0 Å². The fourth-order valence-corrected chi connectivity index (χ4v) is 7.37. The third-order valence-corrected chi connectivity index (χ3v) is 9.60. The summed E-state index contributed by atoms with van der Waals surface area (Å²) in [6, 6.07) is 55.4. The minimum absolute atomic E-state index is 0.250. The SMILES string of the molecule is Fc1ccc(-n2c3ccccc3c3cc(-c4nc(-c5ccc(-n6c7ccccc7c7ccccc76)cc5)nc5ccccc45)ccc32)cc1. The number of hydrogen-bond acceptors (Lipinski definition) is 2. The van der Waals surface area contributed by atoms with Crippen molar-refractivity contribution in [3.05, 3.63) is 170 Å². The molecular weight excluding hydrogens is 604 g/mol. The van der Waals surface area contributed by atoms with Crippen LogP contribution in [0.15, 0.2) is 164 Å². The van der Waals surface area contributed by atoms with Crippen LogP contribution in [-0.2, 0) is 0 Å². The topological polar surface area (TPSA) is 35.6 Å². The highest BCUT2D eigenvalue weighted by Gasteiger charge is 2.17. The Hall–Kier alpha value is -6.59. The van der Waals surface area contributed by atoms with E-state index in [-0.39, 0.29) is 5.82 Å². The number of halogens is 1. The van der Waals surface area contributed by atoms with E-state index < -0.39 is 0 Å². The number of benzene rings is 7. The molecule has 0 spiro atoms. The lowest BCUT2D eigenvalue weighted by Crippen LogP contribution is -1.97. The van der Waals surface area contributed by atoms with Crippen LogP contribution in [0, 0.1) is 5.82 Å². The molecule has 3 heterocycles. The van der Waals surface area contributed by atoms with E-state index in [1.165, 1.54) is 33.9 Å². The van der Waals surface area contributed by atoms with Crippen molar-refractivity contribution in [2.75, 3.05) is 0 Å². The maximum Gasteiger partial charge on any atom is 0.160 e. The lowest BCUT2D eigenvalue weighted by Gasteiger charge is -2.12. The quantitative estimate of drug-likeness (QED) is 0.194. The summed E-state index contributed by atoms with van der Waals surface area (Å²) in [5.41, 5.74) is 10.2. The highest BCUT2D eigenvalue weighted by molar-refractivity contribution is 6.11. The van der Waals surface area contributed by atoms with Crippen molar-refractivity contribution >= 4 is 54.5 Å². The molecule has 230 valence electrons. The predicted molar refractivity (Wildman–Crippen MR) is 199 cm³/mol. The van der Waals surface area contributed by atoms with E-state index in [1.54, 1.807) is 0 Å². The molecule has 0 N–H and O–H groups in total. The summed E-state index contributed by atoms with van der Waals surface area (Å²) in [6.45, 7) is 0.